The summed E-state index contributed by atoms with van der Waals surface area (Å²) in [6, 6.07) is 5.93. The minimum Gasteiger partial charge on any atom is -0.506 e. The van der Waals surface area contributed by atoms with Gasteiger partial charge >= 0.3 is 0 Å². The van der Waals surface area contributed by atoms with Gasteiger partial charge in [-0.25, -0.2) is 4.99 Å². The molecule has 0 aromatic heterocycles. The van der Waals surface area contributed by atoms with Crippen molar-refractivity contribution in [3.05, 3.63) is 82.2 Å². The number of allylic oxidation sites excluding steroid dienone is 8. The van der Waals surface area contributed by atoms with Crippen molar-refractivity contribution in [1.29, 1.82) is 0 Å². The number of benzene rings is 1. The van der Waals surface area contributed by atoms with Crippen molar-refractivity contribution in [3.8, 4) is 0 Å². The van der Waals surface area contributed by atoms with Gasteiger partial charge in [-0.2, -0.15) is 0 Å². The molecule has 1 N–H and O–H groups in total. The smallest absolute Gasteiger partial charge is 0.269 e. The van der Waals surface area contributed by atoms with E-state index in [1.165, 1.54) is 12.1 Å². The zero-order chi connectivity index (χ0) is 14.8. The first-order valence-corrected chi connectivity index (χ1v) is 6.44. The molecule has 0 aliphatic heterocycles. The Balaban J connectivity index is 1.96. The van der Waals surface area contributed by atoms with E-state index in [0.717, 1.165) is 5.57 Å². The van der Waals surface area contributed by atoms with Gasteiger partial charge in [-0.15, -0.1) is 0 Å². The second-order valence-corrected chi connectivity index (χ2v) is 4.71. The molecule has 0 bridgehead atoms. The average Bonchev–Trinajstić information content (AvgIpc) is 2.51. The van der Waals surface area contributed by atoms with Crippen molar-refractivity contribution in [2.45, 2.75) is 0 Å². The Morgan fingerprint density at radius 3 is 2.62 bits per heavy atom. The van der Waals surface area contributed by atoms with E-state index < -0.39 is 4.92 Å². The molecule has 1 aromatic carbocycles. The van der Waals surface area contributed by atoms with Gasteiger partial charge in [0.1, 0.15) is 5.76 Å². The van der Waals surface area contributed by atoms with Gasteiger partial charge < -0.3 is 5.11 Å². The van der Waals surface area contributed by atoms with E-state index in [4.69, 9.17) is 0 Å². The van der Waals surface area contributed by atoms with Crippen LogP contribution in [0.15, 0.2) is 77.0 Å². The van der Waals surface area contributed by atoms with Gasteiger partial charge in [-0.05, 0) is 23.8 Å². The second kappa shape index (κ2) is 5.20. The standard InChI is InChI=1S/C16H12N2O3/c19-15-10-5-11-3-1-2-4-14(11)16(15)17-12-6-8-13(9-7-12)18(20)21/h1-10,14,19H. The lowest BCUT2D eigenvalue weighted by molar-refractivity contribution is -0.384. The van der Waals surface area contributed by atoms with Crippen LogP contribution in [0.1, 0.15) is 0 Å². The Hall–Kier alpha value is -2.95. The van der Waals surface area contributed by atoms with E-state index in [2.05, 4.69) is 4.99 Å². The molecular formula is C16H12N2O3. The maximum Gasteiger partial charge on any atom is 0.269 e. The zero-order valence-electron chi connectivity index (χ0n) is 11.0. The summed E-state index contributed by atoms with van der Waals surface area (Å²) in [5, 5.41) is 20.7. The first-order valence-electron chi connectivity index (χ1n) is 6.44. The topological polar surface area (TPSA) is 75.7 Å². The summed E-state index contributed by atoms with van der Waals surface area (Å²) in [4.78, 5) is 14.6. The number of non-ortho nitro benzene ring substituents is 1. The number of aliphatic hydroxyl groups excluding tert-OH is 1. The van der Waals surface area contributed by atoms with Crippen LogP contribution in [-0.2, 0) is 0 Å². The fourth-order valence-corrected chi connectivity index (χ4v) is 2.30. The molecule has 3 rings (SSSR count). The molecule has 104 valence electrons. The molecule has 2 aliphatic carbocycles. The van der Waals surface area contributed by atoms with Crippen LogP contribution in [-0.4, -0.2) is 15.7 Å². The minimum absolute atomic E-state index is 0.0171. The van der Waals surface area contributed by atoms with Crippen molar-refractivity contribution >= 4 is 17.1 Å². The maximum absolute atomic E-state index is 10.6. The monoisotopic (exact) mass is 280 g/mol. The number of aliphatic imine (C=N–C) groups is 1. The van der Waals surface area contributed by atoms with E-state index in [1.54, 1.807) is 18.2 Å². The summed E-state index contributed by atoms with van der Waals surface area (Å²) in [5.41, 5.74) is 2.18. The van der Waals surface area contributed by atoms with E-state index in [-0.39, 0.29) is 17.4 Å². The molecule has 0 radical (unpaired) electrons. The van der Waals surface area contributed by atoms with Crippen molar-refractivity contribution in [3.63, 3.8) is 0 Å². The van der Waals surface area contributed by atoms with E-state index in [1.807, 2.05) is 30.4 Å². The van der Waals surface area contributed by atoms with Crippen LogP contribution in [0, 0.1) is 16.0 Å². The molecule has 1 atom stereocenters. The number of hydrogen-bond acceptors (Lipinski definition) is 4. The van der Waals surface area contributed by atoms with Crippen LogP contribution < -0.4 is 0 Å². The number of nitro groups is 1. The summed E-state index contributed by atoms with van der Waals surface area (Å²) < 4.78 is 0. The van der Waals surface area contributed by atoms with Gasteiger partial charge in [0.25, 0.3) is 5.69 Å². The highest BCUT2D eigenvalue weighted by atomic mass is 16.6. The minimum atomic E-state index is -0.454. The summed E-state index contributed by atoms with van der Waals surface area (Å²) in [6.45, 7) is 0. The summed E-state index contributed by atoms with van der Waals surface area (Å²) in [6.07, 6.45) is 11.2. The van der Waals surface area contributed by atoms with Crippen molar-refractivity contribution < 1.29 is 10.0 Å². The van der Waals surface area contributed by atoms with Crippen molar-refractivity contribution in [1.82, 2.24) is 0 Å². The third-order valence-corrected chi connectivity index (χ3v) is 3.36. The third kappa shape index (κ3) is 2.53. The Morgan fingerprint density at radius 1 is 1.14 bits per heavy atom. The molecule has 5 heteroatoms. The number of aliphatic hydroxyl groups is 1. The highest BCUT2D eigenvalue weighted by Crippen LogP contribution is 2.29. The first kappa shape index (κ1) is 13.1. The van der Waals surface area contributed by atoms with Gasteiger partial charge in [-0.3, -0.25) is 10.1 Å². The molecule has 5 nitrogen and oxygen atoms in total. The van der Waals surface area contributed by atoms with Crippen molar-refractivity contribution in [2.75, 3.05) is 0 Å². The molecule has 0 saturated carbocycles. The molecule has 2 aliphatic rings. The van der Waals surface area contributed by atoms with Gasteiger partial charge in [0.15, 0.2) is 0 Å². The number of hydrogen-bond donors (Lipinski definition) is 1. The zero-order valence-corrected chi connectivity index (χ0v) is 11.0. The fourth-order valence-electron chi connectivity index (χ4n) is 2.30. The quantitative estimate of drug-likeness (QED) is 0.661. The van der Waals surface area contributed by atoms with Gasteiger partial charge in [0.2, 0.25) is 0 Å². The highest BCUT2D eigenvalue weighted by molar-refractivity contribution is 6.06. The summed E-state index contributed by atoms with van der Waals surface area (Å²) >= 11 is 0. The lowest BCUT2D eigenvalue weighted by atomic mass is 9.85. The molecule has 0 amide bonds. The molecule has 21 heavy (non-hydrogen) atoms. The SMILES string of the molecule is O=[N+]([O-])c1ccc(N=C2C(O)=CC=C3C=CC=CC32)cc1. The van der Waals surface area contributed by atoms with Gasteiger partial charge in [0, 0.05) is 18.1 Å². The van der Waals surface area contributed by atoms with Crippen LogP contribution in [0.5, 0.6) is 0 Å². The molecule has 0 fully saturated rings. The summed E-state index contributed by atoms with van der Waals surface area (Å²) in [7, 11) is 0. The van der Waals surface area contributed by atoms with Gasteiger partial charge in [-0.1, -0.05) is 30.4 Å². The molecule has 0 heterocycles. The Kier molecular flexibility index (Phi) is 3.23. The number of nitro benzene ring substituents is 1. The van der Waals surface area contributed by atoms with Crippen molar-refractivity contribution in [2.24, 2.45) is 10.9 Å². The van der Waals surface area contributed by atoms with Crippen LogP contribution in [0.4, 0.5) is 11.4 Å². The van der Waals surface area contributed by atoms with E-state index in [0.29, 0.717) is 11.4 Å². The number of rotatable bonds is 2. The van der Waals surface area contributed by atoms with Crippen LogP contribution >= 0.6 is 0 Å². The Bertz CT molecular complexity index is 737. The molecular weight excluding hydrogens is 268 g/mol. The predicted octanol–water partition coefficient (Wildman–Crippen LogP) is 3.79. The molecule has 0 spiro atoms. The Morgan fingerprint density at radius 2 is 1.90 bits per heavy atom. The lowest BCUT2D eigenvalue weighted by Crippen LogP contribution is -2.20. The average molecular weight is 280 g/mol. The molecule has 1 aromatic rings. The van der Waals surface area contributed by atoms with Crippen LogP contribution in [0.3, 0.4) is 0 Å². The third-order valence-electron chi connectivity index (χ3n) is 3.36. The molecule has 0 saturated heterocycles. The van der Waals surface area contributed by atoms with Gasteiger partial charge in [0.05, 0.1) is 16.3 Å². The Labute approximate surface area is 121 Å². The van der Waals surface area contributed by atoms with Crippen LogP contribution in [0.2, 0.25) is 0 Å². The first-order chi connectivity index (χ1) is 10.1. The maximum atomic E-state index is 10.6. The second-order valence-electron chi connectivity index (χ2n) is 4.71. The lowest BCUT2D eigenvalue weighted by Gasteiger charge is -2.22. The molecule has 1 unspecified atom stereocenters. The largest absolute Gasteiger partial charge is 0.506 e. The van der Waals surface area contributed by atoms with E-state index in [9.17, 15) is 15.2 Å². The number of fused-ring (bicyclic) bond motifs is 1. The predicted molar refractivity (Wildman–Crippen MR) is 80.8 cm³/mol. The normalized spacial score (nSPS) is 21.7. The number of nitrogens with zero attached hydrogens (tertiary/aromatic N) is 2. The summed E-state index contributed by atoms with van der Waals surface area (Å²) in [5.74, 6) is 0.0252. The highest BCUT2D eigenvalue weighted by Gasteiger charge is 2.24. The fraction of sp³-hybridized carbons (Fsp3) is 0.0625. The van der Waals surface area contributed by atoms with Crippen LogP contribution in [0.25, 0.3) is 0 Å². The van der Waals surface area contributed by atoms with E-state index >= 15 is 0 Å².